The van der Waals surface area contributed by atoms with Crippen LogP contribution in [0.15, 0.2) is 29.4 Å². The molecule has 0 saturated carbocycles. The van der Waals surface area contributed by atoms with Gasteiger partial charge < -0.3 is 15.9 Å². The Kier molecular flexibility index (Phi) is 4.71. The van der Waals surface area contributed by atoms with Crippen molar-refractivity contribution in [3.05, 3.63) is 35.4 Å². The molecule has 0 aliphatic heterocycles. The van der Waals surface area contributed by atoms with Crippen molar-refractivity contribution in [2.75, 3.05) is 0 Å². The molecular formula is C13H19N3O2. The number of carbonyl (C=O) groups is 1. The van der Waals surface area contributed by atoms with Crippen LogP contribution in [0.4, 0.5) is 4.79 Å². The summed E-state index contributed by atoms with van der Waals surface area (Å²) in [6, 6.07) is 7.55. The van der Waals surface area contributed by atoms with Gasteiger partial charge in [-0.15, -0.1) is 0 Å². The van der Waals surface area contributed by atoms with Crippen LogP contribution in [-0.4, -0.2) is 17.9 Å². The van der Waals surface area contributed by atoms with Crippen molar-refractivity contribution in [1.82, 2.24) is 5.32 Å². The summed E-state index contributed by atoms with van der Waals surface area (Å²) in [5.74, 6) is 5.05. The molecule has 0 spiro atoms. The zero-order chi connectivity index (χ0) is 13.6. The molecule has 0 aromatic heterocycles. The van der Waals surface area contributed by atoms with E-state index < -0.39 is 11.7 Å². The largest absolute Gasteiger partial charge is 0.444 e. The van der Waals surface area contributed by atoms with Crippen LogP contribution in [0.5, 0.6) is 0 Å². The van der Waals surface area contributed by atoms with Gasteiger partial charge in [0.1, 0.15) is 5.60 Å². The smallest absolute Gasteiger partial charge is 0.407 e. The lowest BCUT2D eigenvalue weighted by atomic mass is 10.1. The van der Waals surface area contributed by atoms with Crippen molar-refractivity contribution in [3.8, 4) is 0 Å². The van der Waals surface area contributed by atoms with Crippen LogP contribution in [0, 0.1) is 0 Å². The van der Waals surface area contributed by atoms with Crippen LogP contribution in [-0.2, 0) is 11.3 Å². The molecule has 1 aromatic rings. The summed E-state index contributed by atoms with van der Waals surface area (Å²) >= 11 is 0. The molecule has 0 fully saturated rings. The lowest BCUT2D eigenvalue weighted by Crippen LogP contribution is -2.32. The van der Waals surface area contributed by atoms with Gasteiger partial charge in [-0.05, 0) is 31.9 Å². The maximum Gasteiger partial charge on any atom is 0.407 e. The number of rotatable bonds is 3. The van der Waals surface area contributed by atoms with Crippen molar-refractivity contribution < 1.29 is 9.53 Å². The quantitative estimate of drug-likeness (QED) is 0.488. The van der Waals surface area contributed by atoms with E-state index in [9.17, 15) is 4.79 Å². The molecule has 1 amide bonds. The Balaban J connectivity index is 2.46. The highest BCUT2D eigenvalue weighted by Gasteiger charge is 2.15. The highest BCUT2D eigenvalue weighted by Crippen LogP contribution is 2.07. The lowest BCUT2D eigenvalue weighted by molar-refractivity contribution is 0.0523. The van der Waals surface area contributed by atoms with Crippen LogP contribution in [0.3, 0.4) is 0 Å². The van der Waals surface area contributed by atoms with Crippen molar-refractivity contribution in [2.45, 2.75) is 32.9 Å². The predicted molar refractivity (Wildman–Crippen MR) is 71.3 cm³/mol. The van der Waals surface area contributed by atoms with E-state index in [2.05, 4.69) is 10.4 Å². The zero-order valence-corrected chi connectivity index (χ0v) is 10.9. The predicted octanol–water partition coefficient (Wildman–Crippen LogP) is 2.00. The first kappa shape index (κ1) is 14.0. The van der Waals surface area contributed by atoms with Gasteiger partial charge in [0.15, 0.2) is 0 Å². The van der Waals surface area contributed by atoms with Crippen LogP contribution in [0.25, 0.3) is 0 Å². The number of nitrogens with one attached hydrogen (secondary N) is 1. The Labute approximate surface area is 107 Å². The molecule has 0 saturated heterocycles. The topological polar surface area (TPSA) is 76.7 Å². The third kappa shape index (κ3) is 5.34. The van der Waals surface area contributed by atoms with E-state index in [4.69, 9.17) is 10.6 Å². The second kappa shape index (κ2) is 6.05. The normalized spacial score (nSPS) is 11.5. The van der Waals surface area contributed by atoms with Crippen LogP contribution in [0.2, 0.25) is 0 Å². The highest BCUT2D eigenvalue weighted by molar-refractivity contribution is 5.79. The lowest BCUT2D eigenvalue weighted by Gasteiger charge is -2.19. The van der Waals surface area contributed by atoms with Crippen molar-refractivity contribution in [1.29, 1.82) is 0 Å². The minimum atomic E-state index is -0.481. The van der Waals surface area contributed by atoms with Crippen LogP contribution in [0.1, 0.15) is 31.9 Å². The van der Waals surface area contributed by atoms with Crippen molar-refractivity contribution in [3.63, 3.8) is 0 Å². The van der Waals surface area contributed by atoms with Gasteiger partial charge in [0.2, 0.25) is 0 Å². The molecular weight excluding hydrogens is 230 g/mol. The number of ether oxygens (including phenoxy) is 1. The van der Waals surface area contributed by atoms with Crippen molar-refractivity contribution >= 4 is 12.3 Å². The van der Waals surface area contributed by atoms with E-state index >= 15 is 0 Å². The second-order valence-electron chi connectivity index (χ2n) is 4.88. The zero-order valence-electron chi connectivity index (χ0n) is 10.9. The van der Waals surface area contributed by atoms with E-state index in [1.165, 1.54) is 0 Å². The first-order valence-corrected chi connectivity index (χ1v) is 5.70. The fraction of sp³-hybridized carbons (Fsp3) is 0.385. The van der Waals surface area contributed by atoms with Crippen LogP contribution >= 0.6 is 0 Å². The number of carbonyl (C=O) groups excluding carboxylic acids is 1. The monoisotopic (exact) mass is 249 g/mol. The van der Waals surface area contributed by atoms with Gasteiger partial charge in [-0.2, -0.15) is 5.10 Å². The van der Waals surface area contributed by atoms with Gasteiger partial charge in [-0.3, -0.25) is 0 Å². The third-order valence-electron chi connectivity index (χ3n) is 2.04. The molecule has 5 heteroatoms. The van der Waals surface area contributed by atoms with Gasteiger partial charge in [-0.25, -0.2) is 4.79 Å². The third-order valence-corrected chi connectivity index (χ3v) is 2.04. The van der Waals surface area contributed by atoms with Gasteiger partial charge in [-0.1, -0.05) is 24.3 Å². The molecule has 3 N–H and O–H groups in total. The summed E-state index contributed by atoms with van der Waals surface area (Å²) in [6.07, 6.45) is 1.14. The number of hydrazone groups is 1. The maximum atomic E-state index is 11.4. The minimum Gasteiger partial charge on any atom is -0.444 e. The van der Waals surface area contributed by atoms with E-state index in [-0.39, 0.29) is 0 Å². The summed E-state index contributed by atoms with van der Waals surface area (Å²) in [4.78, 5) is 11.4. The van der Waals surface area contributed by atoms with E-state index in [0.717, 1.165) is 11.1 Å². The maximum absolute atomic E-state index is 11.4. The average Bonchev–Trinajstić information content (AvgIpc) is 2.26. The molecule has 1 aromatic carbocycles. The van der Waals surface area contributed by atoms with Crippen molar-refractivity contribution in [2.24, 2.45) is 10.9 Å². The summed E-state index contributed by atoms with van der Waals surface area (Å²) in [5.41, 5.74) is 1.42. The molecule has 1 rings (SSSR count). The highest BCUT2D eigenvalue weighted by atomic mass is 16.6. The molecule has 0 heterocycles. The minimum absolute atomic E-state index is 0.421. The molecule has 0 aliphatic rings. The Hall–Kier alpha value is -2.04. The number of hydrogen-bond acceptors (Lipinski definition) is 4. The standard InChI is InChI=1S/C13H19N3O2/c1-13(2,3)18-12(17)15-8-10-4-6-11(7-5-10)9-16-14/h4-7,9H,8,14H2,1-3H3,(H,15,17). The Bertz CT molecular complexity index is 419. The first-order valence-electron chi connectivity index (χ1n) is 5.70. The van der Waals surface area contributed by atoms with Crippen LogP contribution < -0.4 is 11.2 Å². The van der Waals surface area contributed by atoms with Gasteiger partial charge >= 0.3 is 6.09 Å². The summed E-state index contributed by atoms with van der Waals surface area (Å²) in [7, 11) is 0. The second-order valence-corrected chi connectivity index (χ2v) is 4.88. The van der Waals surface area contributed by atoms with Gasteiger partial charge in [0, 0.05) is 6.54 Å². The Morgan fingerprint density at radius 1 is 1.39 bits per heavy atom. The first-order chi connectivity index (χ1) is 8.40. The fourth-order valence-corrected chi connectivity index (χ4v) is 1.30. The molecule has 5 nitrogen and oxygen atoms in total. The number of alkyl carbamates (subject to hydrolysis) is 1. The molecule has 0 unspecified atom stereocenters. The van der Waals surface area contributed by atoms with E-state index in [1.807, 2.05) is 45.0 Å². The van der Waals surface area contributed by atoms with Gasteiger partial charge in [0.25, 0.3) is 0 Å². The molecule has 0 radical (unpaired) electrons. The van der Waals surface area contributed by atoms with E-state index in [1.54, 1.807) is 6.21 Å². The van der Waals surface area contributed by atoms with E-state index in [0.29, 0.717) is 6.54 Å². The molecule has 18 heavy (non-hydrogen) atoms. The number of hydrogen-bond donors (Lipinski definition) is 2. The number of nitrogens with two attached hydrogens (primary N) is 1. The molecule has 0 bridgehead atoms. The Morgan fingerprint density at radius 3 is 2.50 bits per heavy atom. The summed E-state index contributed by atoms with van der Waals surface area (Å²) in [5, 5.41) is 6.12. The summed E-state index contributed by atoms with van der Waals surface area (Å²) < 4.78 is 5.13. The molecule has 98 valence electrons. The number of nitrogens with zero attached hydrogens (tertiary/aromatic N) is 1. The Morgan fingerprint density at radius 2 is 2.00 bits per heavy atom. The SMILES string of the molecule is CC(C)(C)OC(=O)NCc1ccc(C=NN)cc1. The summed E-state index contributed by atoms with van der Waals surface area (Å²) in [6.45, 7) is 5.91. The van der Waals surface area contributed by atoms with Gasteiger partial charge in [0.05, 0.1) is 6.21 Å². The molecule has 0 atom stereocenters. The fourth-order valence-electron chi connectivity index (χ4n) is 1.30. The average molecular weight is 249 g/mol. The number of benzene rings is 1. The number of amides is 1. The molecule has 0 aliphatic carbocycles.